The normalized spacial score (nSPS) is 27.4. The number of hydrogen-bond acceptors (Lipinski definition) is 4. The van der Waals surface area contributed by atoms with E-state index in [0.717, 1.165) is 44.9 Å². The number of halogens is 2. The standard InChI is InChI=1S/C33H58F2O5/c1-7-8-20-33(34,35)27(31(2,3)4)23-32(5,6)30-24(17-13-11-9-10-12-14-18-28(37)38)25(36)22-26(30)40-29-19-15-16-21-39-29/h11,13,24-27,29-30,36H,7-10,12,14-23H2,1-6H3,(H,37,38)/b13-11-/t24-,25-,26+,27+,29-,30-/m0/s1. The van der Waals surface area contributed by atoms with Crippen molar-refractivity contribution in [1.82, 2.24) is 0 Å². The molecule has 0 radical (unpaired) electrons. The van der Waals surface area contributed by atoms with E-state index >= 15 is 8.78 Å². The van der Waals surface area contributed by atoms with Crippen LogP contribution in [0.5, 0.6) is 0 Å². The van der Waals surface area contributed by atoms with E-state index in [0.29, 0.717) is 38.7 Å². The van der Waals surface area contributed by atoms with Gasteiger partial charge in [-0.2, -0.15) is 0 Å². The number of unbranched alkanes of at least 4 members (excludes halogenated alkanes) is 4. The maximum Gasteiger partial charge on any atom is 0.303 e. The van der Waals surface area contributed by atoms with E-state index in [1.54, 1.807) is 0 Å². The van der Waals surface area contributed by atoms with E-state index in [9.17, 15) is 9.90 Å². The van der Waals surface area contributed by atoms with E-state index in [1.165, 1.54) is 0 Å². The Morgan fingerprint density at radius 1 is 1.07 bits per heavy atom. The second-order valence-electron chi connectivity index (χ2n) is 14.1. The molecule has 0 amide bonds. The molecular formula is C33H58F2O5. The van der Waals surface area contributed by atoms with Gasteiger partial charge in [0, 0.05) is 31.8 Å². The first-order valence-corrected chi connectivity index (χ1v) is 15.9. The van der Waals surface area contributed by atoms with Crippen LogP contribution in [0.2, 0.25) is 0 Å². The van der Waals surface area contributed by atoms with Crippen molar-refractivity contribution in [3.63, 3.8) is 0 Å². The van der Waals surface area contributed by atoms with Crippen molar-refractivity contribution in [2.45, 2.75) is 156 Å². The third kappa shape index (κ3) is 11.0. The maximum absolute atomic E-state index is 15.7. The number of rotatable bonds is 17. The molecule has 1 saturated heterocycles. The molecule has 2 fully saturated rings. The van der Waals surface area contributed by atoms with Crippen LogP contribution < -0.4 is 0 Å². The van der Waals surface area contributed by atoms with Crippen molar-refractivity contribution in [2.75, 3.05) is 6.61 Å². The lowest BCUT2D eigenvalue weighted by Gasteiger charge is -2.46. The predicted octanol–water partition coefficient (Wildman–Crippen LogP) is 8.78. The van der Waals surface area contributed by atoms with E-state index in [2.05, 4.69) is 26.0 Å². The summed E-state index contributed by atoms with van der Waals surface area (Å²) in [7, 11) is 0. The number of aliphatic hydroxyl groups excluding tert-OH is 1. The number of alkyl halides is 2. The van der Waals surface area contributed by atoms with Gasteiger partial charge in [-0.1, -0.05) is 66.5 Å². The summed E-state index contributed by atoms with van der Waals surface area (Å²) >= 11 is 0. The fourth-order valence-electron chi connectivity index (χ4n) is 7.04. The highest BCUT2D eigenvalue weighted by Gasteiger charge is 2.54. The van der Waals surface area contributed by atoms with Gasteiger partial charge in [0.1, 0.15) is 0 Å². The number of allylic oxidation sites excluding steroid dienone is 2. The molecule has 2 aliphatic rings. The molecule has 0 spiro atoms. The van der Waals surface area contributed by atoms with Crippen molar-refractivity contribution in [3.05, 3.63) is 12.2 Å². The number of carboxylic acid groups (broad SMARTS) is 1. The van der Waals surface area contributed by atoms with E-state index < -0.39 is 34.7 Å². The minimum Gasteiger partial charge on any atom is -0.481 e. The molecule has 5 nitrogen and oxygen atoms in total. The van der Waals surface area contributed by atoms with Crippen LogP contribution in [-0.4, -0.2) is 47.2 Å². The Hall–Kier alpha value is -1.05. The summed E-state index contributed by atoms with van der Waals surface area (Å²) in [6.07, 6.45) is 12.3. The first-order valence-electron chi connectivity index (χ1n) is 15.9. The van der Waals surface area contributed by atoms with Crippen LogP contribution in [0.25, 0.3) is 0 Å². The van der Waals surface area contributed by atoms with Gasteiger partial charge in [-0.05, 0) is 80.5 Å². The Morgan fingerprint density at radius 3 is 2.40 bits per heavy atom. The number of carbonyl (C=O) groups is 1. The minimum absolute atomic E-state index is 0.0833. The molecule has 0 aromatic heterocycles. The molecule has 2 rings (SSSR count). The van der Waals surface area contributed by atoms with Crippen molar-refractivity contribution in [3.8, 4) is 0 Å². The molecule has 0 aromatic rings. The largest absolute Gasteiger partial charge is 0.481 e. The van der Waals surface area contributed by atoms with E-state index in [-0.39, 0.29) is 37.1 Å². The first kappa shape index (κ1) is 35.1. The maximum atomic E-state index is 15.7. The Morgan fingerprint density at radius 2 is 1.80 bits per heavy atom. The molecule has 6 atom stereocenters. The Kier molecular flexibility index (Phi) is 14.0. The summed E-state index contributed by atoms with van der Waals surface area (Å²) in [6.45, 7) is 12.6. The van der Waals surface area contributed by atoms with Crippen LogP contribution >= 0.6 is 0 Å². The summed E-state index contributed by atoms with van der Waals surface area (Å²) in [5, 5.41) is 20.1. The first-order chi connectivity index (χ1) is 18.7. The highest BCUT2D eigenvalue weighted by molar-refractivity contribution is 5.66. The average Bonchev–Trinajstić information content (AvgIpc) is 3.17. The number of aliphatic carboxylic acids is 1. The van der Waals surface area contributed by atoms with Crippen LogP contribution in [0.3, 0.4) is 0 Å². The minimum atomic E-state index is -2.76. The summed E-state index contributed by atoms with van der Waals surface area (Å²) in [4.78, 5) is 10.7. The highest BCUT2D eigenvalue weighted by Crippen LogP contribution is 2.54. The molecular weight excluding hydrogens is 514 g/mol. The SMILES string of the molecule is CCCCC(F)(F)[C@H](CC(C)(C)[C@H]1[C@@H](C/C=C\CCCCCC(=O)O)[C@@H](O)C[C@H]1O[C@H]1CCCCO1)C(C)(C)C. The topological polar surface area (TPSA) is 76.0 Å². The second-order valence-corrected chi connectivity index (χ2v) is 14.1. The second kappa shape index (κ2) is 16.0. The molecule has 1 saturated carbocycles. The summed E-state index contributed by atoms with van der Waals surface area (Å²) < 4.78 is 43.8. The Bertz CT molecular complexity index is 769. The van der Waals surface area contributed by atoms with Crippen LogP contribution in [0, 0.1) is 28.6 Å². The van der Waals surface area contributed by atoms with Gasteiger partial charge in [-0.15, -0.1) is 0 Å². The number of ether oxygens (including phenoxy) is 2. The van der Waals surface area contributed by atoms with Gasteiger partial charge in [-0.3, -0.25) is 4.79 Å². The molecule has 2 N–H and O–H groups in total. The van der Waals surface area contributed by atoms with Crippen LogP contribution in [0.4, 0.5) is 8.78 Å². The van der Waals surface area contributed by atoms with Gasteiger partial charge in [-0.25, -0.2) is 8.78 Å². The Balaban J connectivity index is 2.22. The molecule has 0 bridgehead atoms. The molecule has 0 unspecified atom stereocenters. The van der Waals surface area contributed by atoms with Crippen LogP contribution in [0.1, 0.15) is 131 Å². The molecule has 1 aliphatic carbocycles. The van der Waals surface area contributed by atoms with Gasteiger partial charge in [0.05, 0.1) is 12.2 Å². The zero-order chi connectivity index (χ0) is 30.0. The van der Waals surface area contributed by atoms with Gasteiger partial charge in [0.2, 0.25) is 0 Å². The molecule has 0 aromatic carbocycles. The number of aliphatic hydroxyl groups is 1. The zero-order valence-electron chi connectivity index (χ0n) is 26.1. The van der Waals surface area contributed by atoms with Crippen LogP contribution in [0.15, 0.2) is 12.2 Å². The molecule has 40 heavy (non-hydrogen) atoms. The zero-order valence-corrected chi connectivity index (χ0v) is 26.1. The lowest BCUT2D eigenvalue weighted by Crippen LogP contribution is -2.45. The van der Waals surface area contributed by atoms with Crippen molar-refractivity contribution in [2.24, 2.45) is 28.6 Å². The fourth-order valence-corrected chi connectivity index (χ4v) is 7.04. The number of hydrogen-bond donors (Lipinski definition) is 2. The summed E-state index contributed by atoms with van der Waals surface area (Å²) in [6, 6.07) is 0. The van der Waals surface area contributed by atoms with Crippen LogP contribution in [-0.2, 0) is 14.3 Å². The van der Waals surface area contributed by atoms with Crippen molar-refractivity contribution >= 4 is 5.97 Å². The predicted molar refractivity (Wildman–Crippen MR) is 156 cm³/mol. The molecule has 234 valence electrons. The quantitative estimate of drug-likeness (QED) is 0.135. The summed E-state index contributed by atoms with van der Waals surface area (Å²) in [5.74, 6) is -4.47. The third-order valence-electron chi connectivity index (χ3n) is 9.18. The third-order valence-corrected chi connectivity index (χ3v) is 9.18. The lowest BCUT2D eigenvalue weighted by molar-refractivity contribution is -0.206. The average molecular weight is 573 g/mol. The Labute approximate surface area is 242 Å². The molecule has 1 aliphatic heterocycles. The van der Waals surface area contributed by atoms with Crippen molar-refractivity contribution in [1.29, 1.82) is 0 Å². The molecule has 7 heteroatoms. The van der Waals surface area contributed by atoms with Gasteiger partial charge >= 0.3 is 5.97 Å². The van der Waals surface area contributed by atoms with Gasteiger partial charge in [0.25, 0.3) is 5.92 Å². The van der Waals surface area contributed by atoms with E-state index in [1.807, 2.05) is 27.7 Å². The summed E-state index contributed by atoms with van der Waals surface area (Å²) in [5.41, 5.74) is -1.05. The molecule has 1 heterocycles. The van der Waals surface area contributed by atoms with Gasteiger partial charge < -0.3 is 19.7 Å². The fraction of sp³-hybridized carbons (Fsp3) is 0.909. The van der Waals surface area contributed by atoms with Gasteiger partial charge in [0.15, 0.2) is 6.29 Å². The monoisotopic (exact) mass is 572 g/mol. The lowest BCUT2D eigenvalue weighted by atomic mass is 9.61. The van der Waals surface area contributed by atoms with Crippen molar-refractivity contribution < 1.29 is 33.3 Å². The van der Waals surface area contributed by atoms with E-state index in [4.69, 9.17) is 14.6 Å². The smallest absolute Gasteiger partial charge is 0.303 e. The highest BCUT2D eigenvalue weighted by atomic mass is 19.3. The number of carboxylic acids is 1.